The summed E-state index contributed by atoms with van der Waals surface area (Å²) in [5.41, 5.74) is 8.85. The van der Waals surface area contributed by atoms with Crippen LogP contribution in [0.2, 0.25) is 0 Å². The molecule has 0 heterocycles. The molecule has 0 saturated carbocycles. The minimum absolute atomic E-state index is 0. The van der Waals surface area contributed by atoms with E-state index in [-0.39, 0.29) is 42.1 Å². The maximum Gasteiger partial charge on any atom is 1.00 e. The fraction of sp³-hybridized carbons (Fsp3) is 1.00. The Bertz CT molecular complexity index is 72.9. The molecule has 0 rings (SSSR count). The van der Waals surface area contributed by atoms with E-state index in [1.54, 1.807) is 0 Å². The molecule has 4 N–H and O–H groups in total. The summed E-state index contributed by atoms with van der Waals surface area (Å²) in [5.74, 6) is 0. The summed E-state index contributed by atoms with van der Waals surface area (Å²) < 4.78 is 0. The first-order chi connectivity index (χ1) is 8.10. The molecule has 0 aliphatic heterocycles. The van der Waals surface area contributed by atoms with Crippen LogP contribution in [-0.4, -0.2) is 61.6 Å². The predicted molar refractivity (Wildman–Crippen MR) is 104 cm³/mol. The molecule has 4 nitrogen and oxygen atoms in total. The van der Waals surface area contributed by atoms with E-state index in [0.717, 1.165) is 26.2 Å². The van der Waals surface area contributed by atoms with Gasteiger partial charge in [0.05, 0.1) is 0 Å². The number of hydrogen-bond donors (Lipinski definition) is 2. The molecule has 0 aromatic rings. The van der Waals surface area contributed by atoms with Crippen molar-refractivity contribution in [2.45, 2.75) is 56.4 Å². The van der Waals surface area contributed by atoms with Crippen molar-refractivity contribution in [3.8, 4) is 0 Å². The van der Waals surface area contributed by atoms with E-state index in [9.17, 15) is 0 Å². The van der Waals surface area contributed by atoms with E-state index in [1.165, 1.54) is 0 Å². The van der Waals surface area contributed by atoms with Gasteiger partial charge in [-0.05, 0) is 27.2 Å². The fourth-order valence-corrected chi connectivity index (χ4v) is 0.224. The summed E-state index contributed by atoms with van der Waals surface area (Å²) >= 11 is 0. The molecule has 0 fully saturated rings. The van der Waals surface area contributed by atoms with Crippen LogP contribution in [0.4, 0.5) is 0 Å². The predicted octanol–water partition coefficient (Wildman–Crippen LogP) is -0.117. The molecular weight excluding hydrogens is 253 g/mol. The van der Waals surface area contributed by atoms with Gasteiger partial charge < -0.3 is 21.6 Å². The third-order valence-corrected chi connectivity index (χ3v) is 1.08. The Morgan fingerprint density at radius 2 is 1.05 bits per heavy atom. The van der Waals surface area contributed by atoms with Crippen LogP contribution in [0.25, 0.3) is 5.32 Å². The van der Waals surface area contributed by atoms with Gasteiger partial charge in [-0.25, -0.2) is 0 Å². The molecule has 0 unspecified atom stereocenters. The Hall–Kier alpha value is 0.567. The van der Waals surface area contributed by atoms with Crippen LogP contribution in [0.3, 0.4) is 0 Å². The summed E-state index contributed by atoms with van der Waals surface area (Å²) in [7, 11) is 8.11. The van der Waals surface area contributed by atoms with Gasteiger partial charge in [0.15, 0.2) is 7.98 Å². The van der Waals surface area contributed by atoms with Crippen LogP contribution >= 0.6 is 0 Å². The molecule has 21 heavy (non-hydrogen) atoms. The molecule has 0 saturated heterocycles. The summed E-state index contributed by atoms with van der Waals surface area (Å²) in [4.78, 5) is 2.12. The average molecular weight is 297 g/mol. The SMILES string of the molecule is C.C.CC.CCN.CCN(C)C.CC[N-]CC.[B].[B]N.[Li+]. The molecule has 0 bridgehead atoms. The van der Waals surface area contributed by atoms with Crippen LogP contribution in [0.1, 0.15) is 56.4 Å². The zero-order chi connectivity index (χ0) is 15.1. The Kier molecular flexibility index (Phi) is 295. The molecular formula is C14H44B2LiN4. The van der Waals surface area contributed by atoms with Crippen molar-refractivity contribution in [2.24, 2.45) is 11.4 Å². The Morgan fingerprint density at radius 3 is 1.05 bits per heavy atom. The van der Waals surface area contributed by atoms with Gasteiger partial charge in [-0.1, -0.05) is 56.4 Å². The van der Waals surface area contributed by atoms with Crippen molar-refractivity contribution < 1.29 is 18.9 Å². The topological polar surface area (TPSA) is 69.4 Å². The van der Waals surface area contributed by atoms with Crippen LogP contribution in [0.15, 0.2) is 0 Å². The average Bonchev–Trinajstić information content (AvgIpc) is 2.37. The molecule has 0 aliphatic rings. The zero-order valence-electron chi connectivity index (χ0n) is 15.0. The molecule has 0 aliphatic carbocycles. The van der Waals surface area contributed by atoms with Crippen molar-refractivity contribution in [2.75, 3.05) is 40.3 Å². The summed E-state index contributed by atoms with van der Waals surface area (Å²) in [6.45, 7) is 15.9. The molecule has 7 heteroatoms. The quantitative estimate of drug-likeness (QED) is 0.714. The third kappa shape index (κ3) is 340. The summed E-state index contributed by atoms with van der Waals surface area (Å²) in [6.07, 6.45) is 0. The summed E-state index contributed by atoms with van der Waals surface area (Å²) in [5, 5.41) is 3.97. The first kappa shape index (κ1) is 57.8. The molecule has 5 radical (unpaired) electrons. The monoisotopic (exact) mass is 297 g/mol. The van der Waals surface area contributed by atoms with Crippen LogP contribution in [0, 0.1) is 0 Å². The number of nitrogens with two attached hydrogens (primary N) is 2. The maximum atomic E-state index is 4.85. The second-order valence-corrected chi connectivity index (χ2v) is 2.66. The van der Waals surface area contributed by atoms with Crippen LogP contribution in [0.5, 0.6) is 0 Å². The first-order valence-electron chi connectivity index (χ1n) is 6.41. The van der Waals surface area contributed by atoms with E-state index >= 15 is 0 Å². The largest absolute Gasteiger partial charge is 1.00 e. The van der Waals surface area contributed by atoms with Crippen molar-refractivity contribution in [1.82, 2.24) is 4.90 Å². The second kappa shape index (κ2) is 107. The van der Waals surface area contributed by atoms with Gasteiger partial charge in [0, 0.05) is 8.41 Å². The van der Waals surface area contributed by atoms with Gasteiger partial charge in [-0.3, -0.25) is 0 Å². The van der Waals surface area contributed by atoms with Gasteiger partial charge in [-0.2, -0.15) is 13.1 Å². The number of rotatable bonds is 3. The normalized spacial score (nSPS) is 5.67. The van der Waals surface area contributed by atoms with E-state index in [2.05, 4.69) is 44.9 Å². The van der Waals surface area contributed by atoms with E-state index in [1.807, 2.05) is 34.6 Å². The fourth-order valence-electron chi connectivity index (χ4n) is 0.224. The summed E-state index contributed by atoms with van der Waals surface area (Å²) in [6, 6.07) is 0. The van der Waals surface area contributed by atoms with Crippen molar-refractivity contribution in [3.05, 3.63) is 5.32 Å². The zero-order valence-corrected chi connectivity index (χ0v) is 15.0. The van der Waals surface area contributed by atoms with Crippen LogP contribution in [-0.2, 0) is 0 Å². The first-order valence-corrected chi connectivity index (χ1v) is 6.41. The van der Waals surface area contributed by atoms with E-state index < -0.39 is 0 Å². The van der Waals surface area contributed by atoms with E-state index in [4.69, 9.17) is 5.73 Å². The number of hydrogen-bond acceptors (Lipinski definition) is 3. The van der Waals surface area contributed by atoms with Crippen molar-refractivity contribution >= 4 is 16.4 Å². The minimum Gasteiger partial charge on any atom is -0.663 e. The Balaban J connectivity index is -0.0000000123. The van der Waals surface area contributed by atoms with Crippen molar-refractivity contribution in [3.63, 3.8) is 0 Å². The van der Waals surface area contributed by atoms with Gasteiger partial charge in [0.25, 0.3) is 0 Å². The van der Waals surface area contributed by atoms with Gasteiger partial charge in [0.2, 0.25) is 0 Å². The number of nitrogens with zero attached hydrogens (tertiary/aromatic N) is 2. The smallest absolute Gasteiger partial charge is 0.663 e. The third-order valence-electron chi connectivity index (χ3n) is 1.08. The maximum absolute atomic E-state index is 4.85. The van der Waals surface area contributed by atoms with E-state index in [0.29, 0.717) is 0 Å². The van der Waals surface area contributed by atoms with Gasteiger partial charge in [-0.15, -0.1) is 0 Å². The molecule has 0 atom stereocenters. The van der Waals surface area contributed by atoms with Crippen LogP contribution < -0.4 is 30.2 Å². The molecule has 0 aromatic carbocycles. The molecule has 127 valence electrons. The molecule has 0 aromatic heterocycles. The Morgan fingerprint density at radius 1 is 0.905 bits per heavy atom. The van der Waals surface area contributed by atoms with Gasteiger partial charge >= 0.3 is 18.9 Å². The Labute approximate surface area is 153 Å². The minimum atomic E-state index is 0. The van der Waals surface area contributed by atoms with Gasteiger partial charge in [0.1, 0.15) is 0 Å². The molecule has 0 amide bonds. The van der Waals surface area contributed by atoms with Crippen molar-refractivity contribution in [1.29, 1.82) is 0 Å². The molecule has 0 spiro atoms. The standard InChI is InChI=1S/C4H11N.C4H10N.C2H7N.C2H6.2CH4.BH2N.B.Li/c1-4-5(2)3;1-3-5-4-2;1-2-3;1-2;;;1-2;;/h4H2,1-3H3;3-4H2,1-2H3;2-3H2,1H3;1-2H3;2*1H4;2H2;;/q;-1;;;;;;;+1. The second-order valence-electron chi connectivity index (χ2n) is 2.66.